The van der Waals surface area contributed by atoms with Crippen molar-refractivity contribution in [1.29, 1.82) is 0 Å². The lowest BCUT2D eigenvalue weighted by Gasteiger charge is -2.11. The number of pyridine rings is 1. The fourth-order valence-electron chi connectivity index (χ4n) is 1.16. The van der Waals surface area contributed by atoms with Crippen molar-refractivity contribution >= 4 is 23.3 Å². The van der Waals surface area contributed by atoms with Gasteiger partial charge in [0, 0.05) is 17.8 Å². The number of aromatic nitrogens is 1. The first-order valence-electron chi connectivity index (χ1n) is 4.79. The fourth-order valence-corrected chi connectivity index (χ4v) is 1.32. The highest BCUT2D eigenvalue weighted by atomic mass is 35.5. The number of nitrogens with zero attached hydrogens (tertiary/aromatic N) is 1. The molecule has 0 aromatic carbocycles. The zero-order valence-corrected chi connectivity index (χ0v) is 9.29. The van der Waals surface area contributed by atoms with Crippen LogP contribution in [0.5, 0.6) is 0 Å². The Labute approximate surface area is 93.8 Å². The van der Waals surface area contributed by atoms with Gasteiger partial charge >= 0.3 is 0 Å². The highest BCUT2D eigenvalue weighted by Crippen LogP contribution is 2.13. The molecule has 82 valence electrons. The van der Waals surface area contributed by atoms with E-state index in [0.29, 0.717) is 23.8 Å². The van der Waals surface area contributed by atoms with Gasteiger partial charge in [0.2, 0.25) is 5.91 Å². The summed E-state index contributed by atoms with van der Waals surface area (Å²) in [6.45, 7) is 2.26. The molecule has 3 N–H and O–H groups in total. The maximum atomic E-state index is 11.6. The van der Waals surface area contributed by atoms with E-state index in [-0.39, 0.29) is 11.8 Å². The molecule has 0 aliphatic rings. The van der Waals surface area contributed by atoms with Crippen LogP contribution in [0.3, 0.4) is 0 Å². The molecule has 0 saturated carbocycles. The largest absolute Gasteiger partial charge is 0.330 e. The van der Waals surface area contributed by atoms with Crippen LogP contribution in [-0.2, 0) is 4.79 Å². The molecule has 15 heavy (non-hydrogen) atoms. The maximum absolute atomic E-state index is 11.6. The van der Waals surface area contributed by atoms with Gasteiger partial charge in [-0.1, -0.05) is 18.5 Å². The SMILES string of the molecule is CCC(CN)C(=O)Nc1cc(Cl)ccn1. The van der Waals surface area contributed by atoms with Gasteiger partial charge in [-0.15, -0.1) is 0 Å². The van der Waals surface area contributed by atoms with E-state index in [9.17, 15) is 4.79 Å². The lowest BCUT2D eigenvalue weighted by atomic mass is 10.1. The van der Waals surface area contributed by atoms with Crippen LogP contribution in [0, 0.1) is 5.92 Å². The van der Waals surface area contributed by atoms with Gasteiger partial charge in [-0.3, -0.25) is 4.79 Å². The number of nitrogens with one attached hydrogen (secondary N) is 1. The van der Waals surface area contributed by atoms with Crippen molar-refractivity contribution in [2.75, 3.05) is 11.9 Å². The Bertz CT molecular complexity index is 339. The van der Waals surface area contributed by atoms with Gasteiger partial charge in [0.05, 0.1) is 5.92 Å². The molecule has 0 fully saturated rings. The van der Waals surface area contributed by atoms with Crippen LogP contribution in [0.25, 0.3) is 0 Å². The molecule has 0 aliphatic carbocycles. The predicted molar refractivity (Wildman–Crippen MR) is 60.7 cm³/mol. The van der Waals surface area contributed by atoms with Gasteiger partial charge in [0.15, 0.2) is 0 Å². The zero-order valence-electron chi connectivity index (χ0n) is 8.53. The molecule has 0 saturated heterocycles. The molecule has 5 heteroatoms. The number of halogens is 1. The van der Waals surface area contributed by atoms with Crippen LogP contribution in [-0.4, -0.2) is 17.4 Å². The molecular weight excluding hydrogens is 214 g/mol. The van der Waals surface area contributed by atoms with Crippen molar-refractivity contribution in [3.63, 3.8) is 0 Å². The quantitative estimate of drug-likeness (QED) is 0.822. The number of rotatable bonds is 4. The van der Waals surface area contributed by atoms with E-state index in [1.54, 1.807) is 18.3 Å². The predicted octanol–water partition coefficient (Wildman–Crippen LogP) is 1.66. The molecule has 1 aromatic rings. The first-order chi connectivity index (χ1) is 7.17. The lowest BCUT2D eigenvalue weighted by molar-refractivity contribution is -0.119. The number of carbonyl (C=O) groups excluding carboxylic acids is 1. The zero-order chi connectivity index (χ0) is 11.3. The van der Waals surface area contributed by atoms with E-state index in [0.717, 1.165) is 0 Å². The smallest absolute Gasteiger partial charge is 0.229 e. The minimum Gasteiger partial charge on any atom is -0.330 e. The van der Waals surface area contributed by atoms with Gasteiger partial charge in [0.1, 0.15) is 5.82 Å². The van der Waals surface area contributed by atoms with Crippen LogP contribution in [0.1, 0.15) is 13.3 Å². The minimum absolute atomic E-state index is 0.116. The molecule has 1 aromatic heterocycles. The average Bonchev–Trinajstić information content (AvgIpc) is 2.19. The van der Waals surface area contributed by atoms with Crippen LogP contribution < -0.4 is 11.1 Å². The molecule has 0 spiro atoms. The average molecular weight is 228 g/mol. The Hall–Kier alpha value is -1.13. The third kappa shape index (κ3) is 3.49. The molecule has 1 amide bonds. The number of amides is 1. The molecule has 4 nitrogen and oxygen atoms in total. The molecule has 1 atom stereocenters. The van der Waals surface area contributed by atoms with Crippen LogP contribution in [0.2, 0.25) is 5.02 Å². The van der Waals surface area contributed by atoms with Crippen molar-refractivity contribution in [2.45, 2.75) is 13.3 Å². The highest BCUT2D eigenvalue weighted by Gasteiger charge is 2.14. The van der Waals surface area contributed by atoms with E-state index < -0.39 is 0 Å². The number of anilines is 1. The monoisotopic (exact) mass is 227 g/mol. The highest BCUT2D eigenvalue weighted by molar-refractivity contribution is 6.30. The molecule has 0 aliphatic heterocycles. The summed E-state index contributed by atoms with van der Waals surface area (Å²) in [7, 11) is 0. The summed E-state index contributed by atoms with van der Waals surface area (Å²) in [6.07, 6.45) is 2.25. The van der Waals surface area contributed by atoms with Crippen molar-refractivity contribution in [1.82, 2.24) is 4.98 Å². The summed E-state index contributed by atoms with van der Waals surface area (Å²) in [4.78, 5) is 15.6. The second-order valence-electron chi connectivity index (χ2n) is 3.19. The van der Waals surface area contributed by atoms with Crippen LogP contribution in [0.15, 0.2) is 18.3 Å². The van der Waals surface area contributed by atoms with Gasteiger partial charge < -0.3 is 11.1 Å². The summed E-state index contributed by atoms with van der Waals surface area (Å²) in [6, 6.07) is 3.25. The number of hydrogen-bond donors (Lipinski definition) is 2. The molecular formula is C10H14ClN3O. The Morgan fingerprint density at radius 2 is 2.47 bits per heavy atom. The van der Waals surface area contributed by atoms with Crippen molar-refractivity contribution < 1.29 is 4.79 Å². The third-order valence-corrected chi connectivity index (χ3v) is 2.36. The first-order valence-corrected chi connectivity index (χ1v) is 5.17. The van der Waals surface area contributed by atoms with Gasteiger partial charge in [-0.2, -0.15) is 0 Å². The second-order valence-corrected chi connectivity index (χ2v) is 3.63. The van der Waals surface area contributed by atoms with E-state index in [4.69, 9.17) is 17.3 Å². The number of carbonyl (C=O) groups is 1. The van der Waals surface area contributed by atoms with Crippen LogP contribution >= 0.6 is 11.6 Å². The summed E-state index contributed by atoms with van der Waals surface area (Å²) >= 11 is 5.76. The molecule has 1 unspecified atom stereocenters. The Morgan fingerprint density at radius 3 is 3.00 bits per heavy atom. The van der Waals surface area contributed by atoms with E-state index in [1.807, 2.05) is 6.92 Å². The standard InChI is InChI=1S/C10H14ClN3O/c1-2-7(6-12)10(15)14-9-5-8(11)3-4-13-9/h3-5,7H,2,6,12H2,1H3,(H,13,14,15). The van der Waals surface area contributed by atoms with Crippen molar-refractivity contribution in [2.24, 2.45) is 11.7 Å². The molecule has 0 bridgehead atoms. The summed E-state index contributed by atoms with van der Waals surface area (Å²) < 4.78 is 0. The number of nitrogens with two attached hydrogens (primary N) is 1. The second kappa shape index (κ2) is 5.68. The van der Waals surface area contributed by atoms with Crippen molar-refractivity contribution in [3.8, 4) is 0 Å². The normalized spacial score (nSPS) is 12.2. The topological polar surface area (TPSA) is 68.0 Å². The van der Waals surface area contributed by atoms with Gasteiger partial charge in [0.25, 0.3) is 0 Å². The minimum atomic E-state index is -0.175. The summed E-state index contributed by atoms with van der Waals surface area (Å²) in [5.74, 6) is 0.167. The molecule has 0 radical (unpaired) electrons. The molecule has 1 rings (SSSR count). The van der Waals surface area contributed by atoms with Gasteiger partial charge in [-0.05, 0) is 18.6 Å². The third-order valence-electron chi connectivity index (χ3n) is 2.12. The maximum Gasteiger partial charge on any atom is 0.229 e. The Kier molecular flexibility index (Phi) is 4.52. The van der Waals surface area contributed by atoms with E-state index >= 15 is 0 Å². The summed E-state index contributed by atoms with van der Waals surface area (Å²) in [5.41, 5.74) is 5.46. The summed E-state index contributed by atoms with van der Waals surface area (Å²) in [5, 5.41) is 3.21. The number of hydrogen-bond acceptors (Lipinski definition) is 3. The Morgan fingerprint density at radius 1 is 1.73 bits per heavy atom. The fraction of sp³-hybridized carbons (Fsp3) is 0.400. The van der Waals surface area contributed by atoms with Crippen molar-refractivity contribution in [3.05, 3.63) is 23.4 Å². The molecule has 1 heterocycles. The van der Waals surface area contributed by atoms with E-state index in [2.05, 4.69) is 10.3 Å². The first kappa shape index (κ1) is 11.9. The van der Waals surface area contributed by atoms with E-state index in [1.165, 1.54) is 0 Å². The van der Waals surface area contributed by atoms with Crippen LogP contribution in [0.4, 0.5) is 5.82 Å². The lowest BCUT2D eigenvalue weighted by Crippen LogP contribution is -2.28. The van der Waals surface area contributed by atoms with Gasteiger partial charge in [-0.25, -0.2) is 4.98 Å². The Balaban J connectivity index is 2.65.